The van der Waals surface area contributed by atoms with Crippen LogP contribution in [0.1, 0.15) is 12.8 Å². The molecule has 48 valence electrons. The van der Waals surface area contributed by atoms with Gasteiger partial charge < -0.3 is 4.74 Å². The molecule has 1 heterocycles. The van der Waals surface area contributed by atoms with Crippen molar-refractivity contribution in [2.45, 2.75) is 18.9 Å². The fourth-order valence-electron chi connectivity index (χ4n) is 0.819. The highest BCUT2D eigenvalue weighted by Gasteiger charge is 2.11. The molecule has 1 saturated heterocycles. The summed E-state index contributed by atoms with van der Waals surface area (Å²) in [4.78, 5) is 4.57. The van der Waals surface area contributed by atoms with E-state index in [0.717, 1.165) is 19.4 Å². The predicted octanol–water partition coefficient (Wildman–Crippen LogP) is 0.0557. The molecular formula is C5H11NO2. The van der Waals surface area contributed by atoms with Gasteiger partial charge in [-0.2, -0.15) is 0 Å². The highest BCUT2D eigenvalue weighted by molar-refractivity contribution is 4.59. The van der Waals surface area contributed by atoms with Crippen LogP contribution in [0.5, 0.6) is 0 Å². The zero-order valence-corrected chi connectivity index (χ0v) is 4.80. The third-order valence-corrected chi connectivity index (χ3v) is 1.31. The zero-order chi connectivity index (χ0) is 5.82. The minimum absolute atomic E-state index is 0.142. The topological polar surface area (TPSA) is 44.5 Å². The Morgan fingerprint density at radius 2 is 2.50 bits per heavy atom. The van der Waals surface area contributed by atoms with Gasteiger partial charge in [0, 0.05) is 6.61 Å². The first-order valence-electron chi connectivity index (χ1n) is 2.87. The summed E-state index contributed by atoms with van der Waals surface area (Å²) in [5.41, 5.74) is 0. The smallest absolute Gasteiger partial charge is 0.102 e. The Hall–Kier alpha value is -0.120. The Morgan fingerprint density at radius 1 is 1.62 bits per heavy atom. The lowest BCUT2D eigenvalue weighted by Crippen LogP contribution is -2.27. The van der Waals surface area contributed by atoms with Gasteiger partial charge in [0.05, 0.1) is 6.61 Å². The molecule has 0 aromatic carbocycles. The Balaban J connectivity index is 2.13. The normalized spacial score (nSPS) is 30.4. The van der Waals surface area contributed by atoms with Gasteiger partial charge in [-0.3, -0.25) is 4.84 Å². The summed E-state index contributed by atoms with van der Waals surface area (Å²) in [5.74, 6) is 4.92. The SMILES string of the molecule is NO[C@@H]1CCCOC1. The van der Waals surface area contributed by atoms with Crippen LogP contribution in [0.4, 0.5) is 0 Å². The van der Waals surface area contributed by atoms with Crippen molar-refractivity contribution >= 4 is 0 Å². The highest BCUT2D eigenvalue weighted by atomic mass is 16.6. The first-order valence-corrected chi connectivity index (χ1v) is 2.87. The van der Waals surface area contributed by atoms with Gasteiger partial charge in [0.1, 0.15) is 6.10 Å². The van der Waals surface area contributed by atoms with Gasteiger partial charge in [-0.15, -0.1) is 0 Å². The fraction of sp³-hybridized carbons (Fsp3) is 1.00. The Bertz CT molecular complexity index is 61.4. The first-order chi connectivity index (χ1) is 3.93. The largest absolute Gasteiger partial charge is 0.379 e. The lowest BCUT2D eigenvalue weighted by atomic mass is 10.2. The van der Waals surface area contributed by atoms with Crippen LogP contribution in [0.15, 0.2) is 0 Å². The van der Waals surface area contributed by atoms with E-state index in [4.69, 9.17) is 10.6 Å². The maximum Gasteiger partial charge on any atom is 0.102 e. The van der Waals surface area contributed by atoms with Crippen LogP contribution in [0.2, 0.25) is 0 Å². The van der Waals surface area contributed by atoms with E-state index in [2.05, 4.69) is 4.84 Å². The summed E-state index contributed by atoms with van der Waals surface area (Å²) < 4.78 is 5.07. The van der Waals surface area contributed by atoms with Crippen molar-refractivity contribution in [3.63, 3.8) is 0 Å². The summed E-state index contributed by atoms with van der Waals surface area (Å²) in [6.45, 7) is 1.52. The van der Waals surface area contributed by atoms with E-state index in [9.17, 15) is 0 Å². The first kappa shape index (κ1) is 6.01. The second kappa shape index (κ2) is 3.02. The lowest BCUT2D eigenvalue weighted by molar-refractivity contribution is -0.0512. The molecule has 0 aromatic heterocycles. The molecule has 1 aliphatic heterocycles. The van der Waals surface area contributed by atoms with E-state index < -0.39 is 0 Å². The molecule has 0 spiro atoms. The van der Waals surface area contributed by atoms with Gasteiger partial charge >= 0.3 is 0 Å². The number of nitrogens with two attached hydrogens (primary N) is 1. The van der Waals surface area contributed by atoms with Crippen LogP contribution < -0.4 is 5.90 Å². The average molecular weight is 117 g/mol. The lowest BCUT2D eigenvalue weighted by Gasteiger charge is -2.18. The Morgan fingerprint density at radius 3 is 2.88 bits per heavy atom. The summed E-state index contributed by atoms with van der Waals surface area (Å²) in [7, 11) is 0. The Labute approximate surface area is 48.7 Å². The second-order valence-electron chi connectivity index (χ2n) is 1.98. The highest BCUT2D eigenvalue weighted by Crippen LogP contribution is 2.06. The molecule has 8 heavy (non-hydrogen) atoms. The molecule has 0 bridgehead atoms. The van der Waals surface area contributed by atoms with Gasteiger partial charge in [-0.1, -0.05) is 0 Å². The minimum atomic E-state index is 0.142. The molecule has 1 rings (SSSR count). The van der Waals surface area contributed by atoms with Crippen molar-refractivity contribution in [2.75, 3.05) is 13.2 Å². The average Bonchev–Trinajstić information content (AvgIpc) is 1.90. The molecule has 3 heteroatoms. The molecule has 0 amide bonds. The maximum atomic E-state index is 5.07. The van der Waals surface area contributed by atoms with Crippen LogP contribution >= 0.6 is 0 Å². The van der Waals surface area contributed by atoms with Gasteiger partial charge in [0.15, 0.2) is 0 Å². The number of hydrogen-bond acceptors (Lipinski definition) is 3. The van der Waals surface area contributed by atoms with Crippen LogP contribution in [-0.4, -0.2) is 19.3 Å². The summed E-state index contributed by atoms with van der Waals surface area (Å²) in [6.07, 6.45) is 2.25. The van der Waals surface area contributed by atoms with E-state index in [-0.39, 0.29) is 6.10 Å². The summed E-state index contributed by atoms with van der Waals surface area (Å²) in [5, 5.41) is 0. The molecule has 2 N–H and O–H groups in total. The maximum absolute atomic E-state index is 5.07. The van der Waals surface area contributed by atoms with E-state index in [1.54, 1.807) is 0 Å². The number of hydrogen-bond donors (Lipinski definition) is 1. The van der Waals surface area contributed by atoms with Crippen molar-refractivity contribution in [3.8, 4) is 0 Å². The third-order valence-electron chi connectivity index (χ3n) is 1.31. The monoisotopic (exact) mass is 117 g/mol. The summed E-state index contributed by atoms with van der Waals surface area (Å²) in [6, 6.07) is 0. The van der Waals surface area contributed by atoms with Crippen LogP contribution in [0.3, 0.4) is 0 Å². The van der Waals surface area contributed by atoms with Crippen molar-refractivity contribution in [3.05, 3.63) is 0 Å². The van der Waals surface area contributed by atoms with Gasteiger partial charge in [0.25, 0.3) is 0 Å². The van der Waals surface area contributed by atoms with Crippen molar-refractivity contribution in [1.29, 1.82) is 0 Å². The third kappa shape index (κ3) is 1.43. The second-order valence-corrected chi connectivity index (χ2v) is 1.98. The van der Waals surface area contributed by atoms with E-state index in [1.807, 2.05) is 0 Å². The zero-order valence-electron chi connectivity index (χ0n) is 4.80. The molecular weight excluding hydrogens is 106 g/mol. The van der Waals surface area contributed by atoms with E-state index >= 15 is 0 Å². The molecule has 0 aromatic rings. The Kier molecular flexibility index (Phi) is 2.27. The minimum Gasteiger partial charge on any atom is -0.379 e. The molecule has 0 aliphatic carbocycles. The molecule has 1 aliphatic rings. The molecule has 3 nitrogen and oxygen atoms in total. The van der Waals surface area contributed by atoms with E-state index in [0.29, 0.717) is 6.61 Å². The van der Waals surface area contributed by atoms with Crippen LogP contribution in [-0.2, 0) is 9.57 Å². The van der Waals surface area contributed by atoms with Gasteiger partial charge in [-0.05, 0) is 12.8 Å². The van der Waals surface area contributed by atoms with E-state index in [1.165, 1.54) is 0 Å². The quantitative estimate of drug-likeness (QED) is 0.494. The molecule has 1 fully saturated rings. The standard InChI is InChI=1S/C5H11NO2/c6-8-5-2-1-3-7-4-5/h5H,1-4,6H2/t5-/m1/s1. The van der Waals surface area contributed by atoms with Crippen LogP contribution in [0.25, 0.3) is 0 Å². The van der Waals surface area contributed by atoms with Gasteiger partial charge in [-0.25, -0.2) is 5.90 Å². The molecule has 0 saturated carbocycles. The van der Waals surface area contributed by atoms with Crippen molar-refractivity contribution in [2.24, 2.45) is 5.90 Å². The number of rotatable bonds is 1. The van der Waals surface area contributed by atoms with Crippen LogP contribution in [0, 0.1) is 0 Å². The van der Waals surface area contributed by atoms with Crippen molar-refractivity contribution in [1.82, 2.24) is 0 Å². The fourth-order valence-corrected chi connectivity index (χ4v) is 0.819. The summed E-state index contributed by atoms with van der Waals surface area (Å²) >= 11 is 0. The molecule has 1 atom stereocenters. The van der Waals surface area contributed by atoms with Gasteiger partial charge in [0.2, 0.25) is 0 Å². The molecule has 0 radical (unpaired) electrons. The number of ether oxygens (including phenoxy) is 1. The molecule has 0 unspecified atom stereocenters. The van der Waals surface area contributed by atoms with Crippen molar-refractivity contribution < 1.29 is 9.57 Å². The predicted molar refractivity (Wildman–Crippen MR) is 29.1 cm³/mol.